The molecule has 0 aromatic carbocycles. The van der Waals surface area contributed by atoms with E-state index in [1.54, 1.807) is 10.4 Å². The molecule has 2 unspecified atom stereocenters. The summed E-state index contributed by atoms with van der Waals surface area (Å²) >= 11 is 1.51. The first kappa shape index (κ1) is 15.9. The van der Waals surface area contributed by atoms with Crippen LogP contribution in [-0.2, 0) is 16.6 Å². The van der Waals surface area contributed by atoms with Gasteiger partial charge in [0, 0.05) is 23.5 Å². The Morgan fingerprint density at radius 3 is 2.60 bits per heavy atom. The van der Waals surface area contributed by atoms with Crippen molar-refractivity contribution in [1.29, 1.82) is 0 Å². The third-order valence-corrected chi connectivity index (χ3v) is 7.17. The van der Waals surface area contributed by atoms with Crippen molar-refractivity contribution in [3.05, 3.63) is 16.3 Å². The molecule has 6 heteroatoms. The minimum atomic E-state index is -3.37. The summed E-state index contributed by atoms with van der Waals surface area (Å²) in [7, 11) is -3.37. The SMILES string of the molecule is CCNCc1sccc1S(=O)(=O)N1C(C)CCCC1C. The third-order valence-electron chi connectivity index (χ3n) is 3.91. The highest BCUT2D eigenvalue weighted by atomic mass is 32.2. The molecule has 0 amide bonds. The van der Waals surface area contributed by atoms with Crippen LogP contribution >= 0.6 is 11.3 Å². The first-order valence-electron chi connectivity index (χ1n) is 7.29. The molecule has 0 radical (unpaired) electrons. The third kappa shape index (κ3) is 3.08. The van der Waals surface area contributed by atoms with Gasteiger partial charge in [0.05, 0.1) is 4.90 Å². The van der Waals surface area contributed by atoms with Crippen LogP contribution in [0.3, 0.4) is 0 Å². The maximum atomic E-state index is 13.0. The minimum Gasteiger partial charge on any atom is -0.312 e. The summed E-state index contributed by atoms with van der Waals surface area (Å²) in [6.07, 6.45) is 3.02. The van der Waals surface area contributed by atoms with Crippen molar-refractivity contribution in [3.63, 3.8) is 0 Å². The maximum Gasteiger partial charge on any atom is 0.244 e. The van der Waals surface area contributed by atoms with Crippen LogP contribution in [0.1, 0.15) is 44.9 Å². The van der Waals surface area contributed by atoms with E-state index < -0.39 is 10.0 Å². The van der Waals surface area contributed by atoms with Crippen LogP contribution in [-0.4, -0.2) is 31.4 Å². The van der Waals surface area contributed by atoms with Crippen molar-refractivity contribution in [3.8, 4) is 0 Å². The summed E-state index contributed by atoms with van der Waals surface area (Å²) in [5, 5.41) is 5.09. The fraction of sp³-hybridized carbons (Fsp3) is 0.714. The molecule has 114 valence electrons. The fourth-order valence-electron chi connectivity index (χ4n) is 2.91. The molecule has 2 heterocycles. The van der Waals surface area contributed by atoms with Gasteiger partial charge in [-0.25, -0.2) is 8.42 Å². The number of rotatable bonds is 5. The van der Waals surface area contributed by atoms with Gasteiger partial charge in [-0.1, -0.05) is 13.3 Å². The van der Waals surface area contributed by atoms with Gasteiger partial charge in [0.15, 0.2) is 0 Å². The Kier molecular flexibility index (Phi) is 5.23. The molecule has 1 fully saturated rings. The highest BCUT2D eigenvalue weighted by molar-refractivity contribution is 7.89. The molecule has 20 heavy (non-hydrogen) atoms. The Balaban J connectivity index is 2.32. The molecule has 1 saturated heterocycles. The number of nitrogens with one attached hydrogen (secondary N) is 1. The fourth-order valence-corrected chi connectivity index (χ4v) is 6.18. The van der Waals surface area contributed by atoms with Crippen LogP contribution in [0.2, 0.25) is 0 Å². The Hall–Kier alpha value is -0.430. The van der Waals surface area contributed by atoms with Crippen molar-refractivity contribution in [2.75, 3.05) is 6.54 Å². The van der Waals surface area contributed by atoms with E-state index in [1.807, 2.05) is 26.2 Å². The number of nitrogens with zero attached hydrogens (tertiary/aromatic N) is 1. The zero-order chi connectivity index (χ0) is 14.8. The van der Waals surface area contributed by atoms with Crippen LogP contribution < -0.4 is 5.32 Å². The van der Waals surface area contributed by atoms with Gasteiger partial charge in [-0.2, -0.15) is 4.31 Å². The smallest absolute Gasteiger partial charge is 0.244 e. The average Bonchev–Trinajstić information content (AvgIpc) is 2.84. The lowest BCUT2D eigenvalue weighted by molar-refractivity contribution is 0.204. The number of thiophene rings is 1. The molecular weight excluding hydrogens is 292 g/mol. The van der Waals surface area contributed by atoms with Crippen LogP contribution in [0, 0.1) is 0 Å². The first-order valence-corrected chi connectivity index (χ1v) is 9.61. The zero-order valence-electron chi connectivity index (χ0n) is 12.4. The molecule has 1 aliphatic rings. The monoisotopic (exact) mass is 316 g/mol. The van der Waals surface area contributed by atoms with E-state index in [1.165, 1.54) is 11.3 Å². The normalized spacial score (nSPS) is 24.9. The molecule has 0 bridgehead atoms. The van der Waals surface area contributed by atoms with Gasteiger partial charge in [0.25, 0.3) is 0 Å². The average molecular weight is 316 g/mol. The van der Waals surface area contributed by atoms with Crippen molar-refractivity contribution in [2.45, 2.75) is 63.6 Å². The van der Waals surface area contributed by atoms with Crippen LogP contribution in [0.25, 0.3) is 0 Å². The summed E-state index contributed by atoms with van der Waals surface area (Å²) < 4.78 is 27.6. The molecule has 1 aromatic rings. The van der Waals surface area contributed by atoms with Gasteiger partial charge in [0.2, 0.25) is 10.0 Å². The van der Waals surface area contributed by atoms with Crippen LogP contribution in [0.15, 0.2) is 16.3 Å². The molecule has 1 aromatic heterocycles. The van der Waals surface area contributed by atoms with Crippen LogP contribution in [0.4, 0.5) is 0 Å². The molecule has 1 aliphatic heterocycles. The molecule has 0 aliphatic carbocycles. The second kappa shape index (κ2) is 6.56. The van der Waals surface area contributed by atoms with Gasteiger partial charge in [0.1, 0.15) is 0 Å². The lowest BCUT2D eigenvalue weighted by Crippen LogP contribution is -2.47. The summed E-state index contributed by atoms with van der Waals surface area (Å²) in [5.41, 5.74) is 0. The van der Waals surface area contributed by atoms with E-state index in [9.17, 15) is 8.42 Å². The van der Waals surface area contributed by atoms with E-state index >= 15 is 0 Å². The summed E-state index contributed by atoms with van der Waals surface area (Å²) in [6.45, 7) is 7.52. The van der Waals surface area contributed by atoms with Crippen molar-refractivity contribution >= 4 is 21.4 Å². The van der Waals surface area contributed by atoms with E-state index in [-0.39, 0.29) is 12.1 Å². The molecule has 4 nitrogen and oxygen atoms in total. The summed E-state index contributed by atoms with van der Waals surface area (Å²) in [4.78, 5) is 1.40. The molecule has 0 spiro atoms. The summed E-state index contributed by atoms with van der Waals surface area (Å²) in [6, 6.07) is 1.94. The Morgan fingerprint density at radius 2 is 2.00 bits per heavy atom. The van der Waals surface area contributed by atoms with E-state index in [4.69, 9.17) is 0 Å². The van der Waals surface area contributed by atoms with Crippen molar-refractivity contribution in [1.82, 2.24) is 9.62 Å². The number of sulfonamides is 1. The van der Waals surface area contributed by atoms with Gasteiger partial charge in [-0.05, 0) is 44.7 Å². The number of hydrogen-bond donors (Lipinski definition) is 1. The van der Waals surface area contributed by atoms with Crippen molar-refractivity contribution < 1.29 is 8.42 Å². The quantitative estimate of drug-likeness (QED) is 0.909. The topological polar surface area (TPSA) is 49.4 Å². The highest BCUT2D eigenvalue weighted by Crippen LogP contribution is 2.32. The number of piperidine rings is 1. The molecular formula is C14H24N2O2S2. The molecule has 0 saturated carbocycles. The molecule has 2 atom stereocenters. The Bertz CT molecular complexity index is 529. The maximum absolute atomic E-state index is 13.0. The minimum absolute atomic E-state index is 0.0932. The van der Waals surface area contributed by atoms with Crippen LogP contribution in [0.5, 0.6) is 0 Å². The standard InChI is InChI=1S/C14H24N2O2S2/c1-4-15-10-13-14(8-9-19-13)20(17,18)16-11(2)6-5-7-12(16)3/h8-9,11-12,15H,4-7,10H2,1-3H3. The lowest BCUT2D eigenvalue weighted by atomic mass is 10.0. The van der Waals surface area contributed by atoms with Gasteiger partial charge < -0.3 is 5.32 Å². The van der Waals surface area contributed by atoms with Gasteiger partial charge in [-0.15, -0.1) is 11.3 Å². The summed E-state index contributed by atoms with van der Waals surface area (Å²) in [5.74, 6) is 0. The first-order chi connectivity index (χ1) is 9.48. The molecule has 1 N–H and O–H groups in total. The van der Waals surface area contributed by atoms with E-state index in [0.29, 0.717) is 11.4 Å². The Morgan fingerprint density at radius 1 is 1.35 bits per heavy atom. The van der Waals surface area contributed by atoms with Crippen molar-refractivity contribution in [2.24, 2.45) is 0 Å². The van der Waals surface area contributed by atoms with E-state index in [2.05, 4.69) is 5.32 Å². The Labute approximate surface area is 126 Å². The number of hydrogen-bond acceptors (Lipinski definition) is 4. The van der Waals surface area contributed by atoms with Gasteiger partial charge >= 0.3 is 0 Å². The lowest BCUT2D eigenvalue weighted by Gasteiger charge is -2.37. The zero-order valence-corrected chi connectivity index (χ0v) is 14.1. The largest absolute Gasteiger partial charge is 0.312 e. The predicted octanol–water partition coefficient (Wildman–Crippen LogP) is 2.81. The second-order valence-electron chi connectivity index (χ2n) is 5.45. The van der Waals surface area contributed by atoms with E-state index in [0.717, 1.165) is 30.7 Å². The molecule has 2 rings (SSSR count). The van der Waals surface area contributed by atoms with Gasteiger partial charge in [-0.3, -0.25) is 0 Å². The predicted molar refractivity (Wildman–Crippen MR) is 83.5 cm³/mol. The highest BCUT2D eigenvalue weighted by Gasteiger charge is 2.36. The second-order valence-corrected chi connectivity index (χ2v) is 8.26.